The minimum absolute atomic E-state index is 0.0385. The van der Waals surface area contributed by atoms with Gasteiger partial charge in [-0.05, 0) is 39.8 Å². The van der Waals surface area contributed by atoms with Gasteiger partial charge in [-0.25, -0.2) is 9.78 Å². The fourth-order valence-electron chi connectivity index (χ4n) is 3.11. The molecule has 1 aliphatic rings. The molecule has 1 aliphatic heterocycles. The Morgan fingerprint density at radius 3 is 2.75 bits per heavy atom. The summed E-state index contributed by atoms with van der Waals surface area (Å²) in [6.45, 7) is 8.27. The van der Waals surface area contributed by atoms with E-state index in [4.69, 9.17) is 16.3 Å². The van der Waals surface area contributed by atoms with Crippen LogP contribution in [0.5, 0.6) is 0 Å². The predicted octanol–water partition coefficient (Wildman–Crippen LogP) is 3.81. The van der Waals surface area contributed by atoms with Crippen molar-refractivity contribution >= 4 is 35.0 Å². The van der Waals surface area contributed by atoms with Crippen LogP contribution < -0.4 is 0 Å². The standard InChI is InChI=1S/C17H20ClN3O3/c1-10-7-20(16(23)24-17(2,3)4)8-13-12(9-22)11-5-6-14(18)19-15(11)21(10)13/h5-6,9-10H,7-8H2,1-4H3. The molecular formula is C17H20ClN3O3. The smallest absolute Gasteiger partial charge is 0.410 e. The molecule has 3 heterocycles. The number of hydrogen-bond donors (Lipinski definition) is 0. The number of halogens is 1. The van der Waals surface area contributed by atoms with Crippen molar-refractivity contribution in [2.24, 2.45) is 0 Å². The maximum absolute atomic E-state index is 12.4. The summed E-state index contributed by atoms with van der Waals surface area (Å²) in [5, 5.41) is 1.13. The maximum Gasteiger partial charge on any atom is 0.410 e. The summed E-state index contributed by atoms with van der Waals surface area (Å²) in [4.78, 5) is 30.0. The number of amides is 1. The van der Waals surface area contributed by atoms with E-state index in [0.717, 1.165) is 17.4 Å². The molecule has 0 spiro atoms. The van der Waals surface area contributed by atoms with Gasteiger partial charge in [0.25, 0.3) is 0 Å². The van der Waals surface area contributed by atoms with Crippen molar-refractivity contribution in [3.63, 3.8) is 0 Å². The van der Waals surface area contributed by atoms with Crippen molar-refractivity contribution in [3.8, 4) is 0 Å². The number of ether oxygens (including phenoxy) is 1. The van der Waals surface area contributed by atoms with Crippen LogP contribution in [0.2, 0.25) is 5.15 Å². The third kappa shape index (κ3) is 2.86. The van der Waals surface area contributed by atoms with Gasteiger partial charge in [0.05, 0.1) is 18.3 Å². The molecule has 7 heteroatoms. The van der Waals surface area contributed by atoms with E-state index >= 15 is 0 Å². The molecule has 24 heavy (non-hydrogen) atoms. The summed E-state index contributed by atoms with van der Waals surface area (Å²) >= 11 is 6.02. The first-order valence-corrected chi connectivity index (χ1v) is 8.21. The van der Waals surface area contributed by atoms with Crippen molar-refractivity contribution in [1.29, 1.82) is 0 Å². The first-order valence-electron chi connectivity index (χ1n) is 7.83. The number of pyridine rings is 1. The fraction of sp³-hybridized carbons (Fsp3) is 0.471. The molecule has 0 aromatic carbocycles. The van der Waals surface area contributed by atoms with Crippen LogP contribution in [0.4, 0.5) is 4.79 Å². The minimum Gasteiger partial charge on any atom is -0.444 e. The third-order valence-electron chi connectivity index (χ3n) is 4.00. The number of aldehydes is 1. The van der Waals surface area contributed by atoms with Crippen molar-refractivity contribution < 1.29 is 14.3 Å². The van der Waals surface area contributed by atoms with Gasteiger partial charge in [0.15, 0.2) is 6.29 Å². The molecule has 0 aliphatic carbocycles. The molecule has 1 atom stereocenters. The molecule has 0 saturated heterocycles. The van der Waals surface area contributed by atoms with Gasteiger partial charge < -0.3 is 14.2 Å². The van der Waals surface area contributed by atoms with E-state index in [1.165, 1.54) is 0 Å². The Bertz CT molecular complexity index is 823. The van der Waals surface area contributed by atoms with Gasteiger partial charge in [-0.15, -0.1) is 0 Å². The molecule has 1 amide bonds. The van der Waals surface area contributed by atoms with Gasteiger partial charge in [0.1, 0.15) is 16.4 Å². The van der Waals surface area contributed by atoms with E-state index in [1.54, 1.807) is 17.0 Å². The number of rotatable bonds is 1. The number of hydrogen-bond acceptors (Lipinski definition) is 4. The lowest BCUT2D eigenvalue weighted by Gasteiger charge is -2.34. The highest BCUT2D eigenvalue weighted by Gasteiger charge is 2.32. The van der Waals surface area contributed by atoms with E-state index < -0.39 is 5.60 Å². The lowest BCUT2D eigenvalue weighted by molar-refractivity contribution is 0.0175. The Kier molecular flexibility index (Phi) is 4.03. The number of carbonyl (C=O) groups excluding carboxylic acids is 2. The predicted molar refractivity (Wildman–Crippen MR) is 91.5 cm³/mol. The van der Waals surface area contributed by atoms with Gasteiger partial charge in [-0.1, -0.05) is 11.6 Å². The number of fused-ring (bicyclic) bond motifs is 3. The monoisotopic (exact) mass is 349 g/mol. The Balaban J connectivity index is 2.06. The van der Waals surface area contributed by atoms with Crippen LogP contribution in [0.15, 0.2) is 12.1 Å². The lowest BCUT2D eigenvalue weighted by atomic mass is 10.1. The van der Waals surface area contributed by atoms with E-state index in [1.807, 2.05) is 32.3 Å². The van der Waals surface area contributed by atoms with Crippen LogP contribution >= 0.6 is 11.6 Å². The van der Waals surface area contributed by atoms with Gasteiger partial charge in [-0.2, -0.15) is 0 Å². The third-order valence-corrected chi connectivity index (χ3v) is 4.21. The van der Waals surface area contributed by atoms with E-state index in [-0.39, 0.29) is 12.1 Å². The van der Waals surface area contributed by atoms with Crippen molar-refractivity contribution in [3.05, 3.63) is 28.5 Å². The Hall–Kier alpha value is -2.08. The van der Waals surface area contributed by atoms with Crippen molar-refractivity contribution in [1.82, 2.24) is 14.5 Å². The minimum atomic E-state index is -0.562. The molecule has 0 N–H and O–H groups in total. The van der Waals surface area contributed by atoms with Crippen LogP contribution in [0.3, 0.4) is 0 Å². The van der Waals surface area contributed by atoms with Gasteiger partial charge in [0, 0.05) is 17.5 Å². The zero-order valence-corrected chi connectivity index (χ0v) is 14.9. The molecule has 0 bridgehead atoms. The summed E-state index contributed by atoms with van der Waals surface area (Å²) in [5.41, 5.74) is 1.43. The fourth-order valence-corrected chi connectivity index (χ4v) is 3.25. The molecule has 0 fully saturated rings. The Morgan fingerprint density at radius 1 is 1.42 bits per heavy atom. The topological polar surface area (TPSA) is 64.4 Å². The average molecular weight is 350 g/mol. The SMILES string of the molecule is CC1CN(C(=O)OC(C)(C)C)Cc2c(C=O)c3ccc(Cl)nc3n21. The van der Waals surface area contributed by atoms with Crippen LogP contribution in [0, 0.1) is 0 Å². The maximum atomic E-state index is 12.4. The highest BCUT2D eigenvalue weighted by molar-refractivity contribution is 6.29. The van der Waals surface area contributed by atoms with Gasteiger partial charge in [-0.3, -0.25) is 4.79 Å². The summed E-state index contributed by atoms with van der Waals surface area (Å²) in [7, 11) is 0. The summed E-state index contributed by atoms with van der Waals surface area (Å²) < 4.78 is 7.45. The molecular weight excluding hydrogens is 330 g/mol. The molecule has 0 radical (unpaired) electrons. The van der Waals surface area contributed by atoms with Crippen LogP contribution in [-0.2, 0) is 11.3 Å². The lowest BCUT2D eigenvalue weighted by Crippen LogP contribution is -2.43. The Labute approximate surface area is 145 Å². The Morgan fingerprint density at radius 2 is 2.12 bits per heavy atom. The first-order chi connectivity index (χ1) is 11.2. The van der Waals surface area contributed by atoms with E-state index in [2.05, 4.69) is 4.98 Å². The van der Waals surface area contributed by atoms with Crippen LogP contribution in [0.1, 0.15) is 49.8 Å². The van der Waals surface area contributed by atoms with Gasteiger partial charge >= 0.3 is 6.09 Å². The second-order valence-corrected chi connectivity index (χ2v) is 7.45. The largest absolute Gasteiger partial charge is 0.444 e. The molecule has 2 aromatic heterocycles. The van der Waals surface area contributed by atoms with Crippen molar-refractivity contribution in [2.45, 2.75) is 45.9 Å². The van der Waals surface area contributed by atoms with E-state index in [0.29, 0.717) is 29.5 Å². The molecule has 0 saturated carbocycles. The first kappa shape index (κ1) is 16.8. The van der Waals surface area contributed by atoms with E-state index in [9.17, 15) is 9.59 Å². The highest BCUT2D eigenvalue weighted by atomic mass is 35.5. The number of nitrogens with zero attached hydrogens (tertiary/aromatic N) is 3. The highest BCUT2D eigenvalue weighted by Crippen LogP contribution is 2.33. The molecule has 3 rings (SSSR count). The molecule has 128 valence electrons. The molecule has 2 aromatic rings. The second kappa shape index (κ2) is 5.77. The average Bonchev–Trinajstić information content (AvgIpc) is 2.78. The zero-order valence-electron chi connectivity index (χ0n) is 14.2. The molecule has 6 nitrogen and oxygen atoms in total. The second-order valence-electron chi connectivity index (χ2n) is 7.06. The normalized spacial score (nSPS) is 17.7. The number of carbonyl (C=O) groups is 2. The number of aromatic nitrogens is 2. The van der Waals surface area contributed by atoms with Crippen LogP contribution in [-0.4, -0.2) is 39.0 Å². The summed E-state index contributed by atoms with van der Waals surface area (Å²) in [6.07, 6.45) is 0.434. The zero-order chi connectivity index (χ0) is 17.6. The van der Waals surface area contributed by atoms with Crippen molar-refractivity contribution in [2.75, 3.05) is 6.54 Å². The summed E-state index contributed by atoms with van der Waals surface area (Å²) in [6, 6.07) is 3.42. The summed E-state index contributed by atoms with van der Waals surface area (Å²) in [5.74, 6) is 0. The quantitative estimate of drug-likeness (QED) is 0.580. The molecule has 1 unspecified atom stereocenters. The van der Waals surface area contributed by atoms with Gasteiger partial charge in [0.2, 0.25) is 0 Å². The van der Waals surface area contributed by atoms with Crippen LogP contribution in [0.25, 0.3) is 11.0 Å².